The molecule has 3 N–H and O–H groups in total. The van der Waals surface area contributed by atoms with E-state index in [1.54, 1.807) is 19.1 Å². The molecule has 1 aromatic heterocycles. The topological polar surface area (TPSA) is 61.4 Å². The Morgan fingerprint density at radius 3 is 2.85 bits per heavy atom. The van der Waals surface area contributed by atoms with Gasteiger partial charge >= 0.3 is 6.03 Å². The fourth-order valence-corrected chi connectivity index (χ4v) is 2.45. The average molecular weight is 294 g/mol. The number of amides is 2. The highest BCUT2D eigenvalue weighted by molar-refractivity contribution is 7.10. The van der Waals surface area contributed by atoms with Gasteiger partial charge in [0.25, 0.3) is 0 Å². The molecule has 2 rings (SSSR count). The third-order valence-corrected chi connectivity index (χ3v) is 3.85. The standard InChI is InChI=1S/C14H15FN2O2S/c1-14(19,12-6-3-7-20-12)9-16-13(18)17-11-5-2-4-10(15)8-11/h2-8,19H,9H2,1H3,(H2,16,17,18). The van der Waals surface area contributed by atoms with Crippen molar-refractivity contribution >= 4 is 23.1 Å². The molecule has 0 bridgehead atoms. The van der Waals surface area contributed by atoms with Gasteiger partial charge in [0.05, 0.1) is 6.54 Å². The van der Waals surface area contributed by atoms with E-state index in [1.165, 1.54) is 29.5 Å². The highest BCUT2D eigenvalue weighted by Crippen LogP contribution is 2.24. The van der Waals surface area contributed by atoms with Crippen LogP contribution in [0.15, 0.2) is 41.8 Å². The molecule has 20 heavy (non-hydrogen) atoms. The molecule has 0 saturated heterocycles. The third-order valence-electron chi connectivity index (χ3n) is 2.73. The number of benzene rings is 1. The van der Waals surface area contributed by atoms with Crippen molar-refractivity contribution in [3.63, 3.8) is 0 Å². The van der Waals surface area contributed by atoms with Gasteiger partial charge < -0.3 is 15.7 Å². The smallest absolute Gasteiger partial charge is 0.319 e. The van der Waals surface area contributed by atoms with E-state index in [2.05, 4.69) is 10.6 Å². The second kappa shape index (κ2) is 6.02. The van der Waals surface area contributed by atoms with E-state index in [0.29, 0.717) is 5.69 Å². The van der Waals surface area contributed by atoms with Crippen LogP contribution in [0.25, 0.3) is 0 Å². The van der Waals surface area contributed by atoms with Crippen LogP contribution in [0.4, 0.5) is 14.9 Å². The molecule has 106 valence electrons. The quantitative estimate of drug-likeness (QED) is 0.812. The normalized spacial score (nSPS) is 13.6. The van der Waals surface area contributed by atoms with E-state index in [4.69, 9.17) is 0 Å². The number of hydrogen-bond donors (Lipinski definition) is 3. The predicted molar refractivity (Wildman–Crippen MR) is 77.3 cm³/mol. The Balaban J connectivity index is 1.89. The van der Waals surface area contributed by atoms with Gasteiger partial charge in [-0.15, -0.1) is 11.3 Å². The van der Waals surface area contributed by atoms with Crippen LogP contribution in [0.3, 0.4) is 0 Å². The number of halogens is 1. The highest BCUT2D eigenvalue weighted by Gasteiger charge is 2.24. The summed E-state index contributed by atoms with van der Waals surface area (Å²) in [5.41, 5.74) is -0.772. The lowest BCUT2D eigenvalue weighted by molar-refractivity contribution is 0.0637. The minimum atomic E-state index is -1.13. The summed E-state index contributed by atoms with van der Waals surface area (Å²) in [7, 11) is 0. The van der Waals surface area contributed by atoms with Crippen molar-refractivity contribution < 1.29 is 14.3 Å². The lowest BCUT2D eigenvalue weighted by Gasteiger charge is -2.22. The second-order valence-electron chi connectivity index (χ2n) is 4.57. The molecule has 1 unspecified atom stereocenters. The largest absolute Gasteiger partial charge is 0.383 e. The maximum Gasteiger partial charge on any atom is 0.319 e. The zero-order chi connectivity index (χ0) is 14.6. The summed E-state index contributed by atoms with van der Waals surface area (Å²) in [4.78, 5) is 12.5. The van der Waals surface area contributed by atoms with E-state index in [1.807, 2.05) is 11.4 Å². The summed E-state index contributed by atoms with van der Waals surface area (Å²) in [5.74, 6) is -0.423. The lowest BCUT2D eigenvalue weighted by atomic mass is 10.1. The van der Waals surface area contributed by atoms with Gasteiger partial charge in [0.15, 0.2) is 0 Å². The minimum Gasteiger partial charge on any atom is -0.383 e. The number of carbonyl (C=O) groups excluding carboxylic acids is 1. The number of thiophene rings is 1. The van der Waals surface area contributed by atoms with Crippen LogP contribution in [0.5, 0.6) is 0 Å². The van der Waals surface area contributed by atoms with Crippen LogP contribution >= 0.6 is 11.3 Å². The molecule has 1 aromatic carbocycles. The highest BCUT2D eigenvalue weighted by atomic mass is 32.1. The Morgan fingerprint density at radius 1 is 1.40 bits per heavy atom. The molecule has 6 heteroatoms. The number of carbonyl (C=O) groups is 1. The fraction of sp³-hybridized carbons (Fsp3) is 0.214. The molecule has 1 atom stereocenters. The molecular formula is C14H15FN2O2S. The molecule has 2 aromatic rings. The Labute approximate surface area is 120 Å². The Morgan fingerprint density at radius 2 is 2.20 bits per heavy atom. The molecule has 0 aliphatic rings. The summed E-state index contributed by atoms with van der Waals surface area (Å²) in [6.45, 7) is 1.69. The van der Waals surface area contributed by atoms with Crippen molar-refractivity contribution in [1.29, 1.82) is 0 Å². The van der Waals surface area contributed by atoms with Crippen molar-refractivity contribution in [1.82, 2.24) is 5.32 Å². The SMILES string of the molecule is CC(O)(CNC(=O)Nc1cccc(F)c1)c1cccs1. The maximum atomic E-state index is 13.0. The molecule has 4 nitrogen and oxygen atoms in total. The molecule has 0 aliphatic heterocycles. The van der Waals surface area contributed by atoms with Gasteiger partial charge in [-0.25, -0.2) is 9.18 Å². The maximum absolute atomic E-state index is 13.0. The van der Waals surface area contributed by atoms with Gasteiger partial charge in [-0.2, -0.15) is 0 Å². The predicted octanol–water partition coefficient (Wildman–Crippen LogP) is 2.92. The van der Waals surface area contributed by atoms with Crippen LogP contribution in [0, 0.1) is 5.82 Å². The first-order chi connectivity index (χ1) is 9.47. The van der Waals surface area contributed by atoms with Crippen LogP contribution < -0.4 is 10.6 Å². The molecule has 0 fully saturated rings. The molecule has 0 aliphatic carbocycles. The zero-order valence-corrected chi connectivity index (χ0v) is 11.7. The molecular weight excluding hydrogens is 279 g/mol. The van der Waals surface area contributed by atoms with Gasteiger partial charge in [-0.05, 0) is 36.6 Å². The van der Waals surface area contributed by atoms with Crippen LogP contribution in [-0.2, 0) is 5.60 Å². The summed E-state index contributed by atoms with van der Waals surface area (Å²) in [6, 6.07) is 8.75. The second-order valence-corrected chi connectivity index (χ2v) is 5.52. The van der Waals surface area contributed by atoms with Gasteiger partial charge in [-0.3, -0.25) is 0 Å². The van der Waals surface area contributed by atoms with Gasteiger partial charge in [0.2, 0.25) is 0 Å². The van der Waals surface area contributed by atoms with Crippen molar-refractivity contribution in [2.24, 2.45) is 0 Å². The van der Waals surface area contributed by atoms with Gasteiger partial charge in [-0.1, -0.05) is 12.1 Å². The van der Waals surface area contributed by atoms with Crippen LogP contribution in [-0.4, -0.2) is 17.7 Å². The first-order valence-corrected chi connectivity index (χ1v) is 6.92. The number of nitrogens with one attached hydrogen (secondary N) is 2. The van der Waals surface area contributed by atoms with E-state index in [-0.39, 0.29) is 6.54 Å². The van der Waals surface area contributed by atoms with Crippen molar-refractivity contribution in [3.05, 3.63) is 52.5 Å². The summed E-state index contributed by atoms with van der Waals surface area (Å²) in [5, 5.41) is 17.2. The number of anilines is 1. The number of urea groups is 1. The van der Waals surface area contributed by atoms with E-state index in [9.17, 15) is 14.3 Å². The van der Waals surface area contributed by atoms with E-state index < -0.39 is 17.4 Å². The first kappa shape index (κ1) is 14.5. The molecule has 0 spiro atoms. The Bertz CT molecular complexity index is 585. The third kappa shape index (κ3) is 3.79. The van der Waals surface area contributed by atoms with Crippen LogP contribution in [0.2, 0.25) is 0 Å². The zero-order valence-electron chi connectivity index (χ0n) is 10.9. The van der Waals surface area contributed by atoms with Crippen molar-refractivity contribution in [3.8, 4) is 0 Å². The van der Waals surface area contributed by atoms with E-state index >= 15 is 0 Å². The van der Waals surface area contributed by atoms with Gasteiger partial charge in [0, 0.05) is 10.6 Å². The summed E-state index contributed by atoms with van der Waals surface area (Å²) >= 11 is 1.42. The summed E-state index contributed by atoms with van der Waals surface area (Å²) < 4.78 is 13.0. The average Bonchev–Trinajstić information content (AvgIpc) is 2.91. The number of hydrogen-bond acceptors (Lipinski definition) is 3. The van der Waals surface area contributed by atoms with Crippen molar-refractivity contribution in [2.75, 3.05) is 11.9 Å². The fourth-order valence-electron chi connectivity index (χ4n) is 1.67. The Kier molecular flexibility index (Phi) is 4.36. The first-order valence-electron chi connectivity index (χ1n) is 6.04. The van der Waals surface area contributed by atoms with E-state index in [0.717, 1.165) is 4.88 Å². The number of rotatable bonds is 4. The minimum absolute atomic E-state index is 0.0641. The number of aliphatic hydroxyl groups is 1. The van der Waals surface area contributed by atoms with Crippen LogP contribution in [0.1, 0.15) is 11.8 Å². The van der Waals surface area contributed by atoms with Crippen molar-refractivity contribution in [2.45, 2.75) is 12.5 Å². The summed E-state index contributed by atoms with van der Waals surface area (Å²) in [6.07, 6.45) is 0. The molecule has 0 saturated carbocycles. The molecule has 0 radical (unpaired) electrons. The Hall–Kier alpha value is -1.92. The molecule has 1 heterocycles. The monoisotopic (exact) mass is 294 g/mol. The molecule has 2 amide bonds. The lowest BCUT2D eigenvalue weighted by Crippen LogP contribution is -2.40. The van der Waals surface area contributed by atoms with Gasteiger partial charge in [0.1, 0.15) is 11.4 Å².